The van der Waals surface area contributed by atoms with Gasteiger partial charge in [-0.15, -0.1) is 6.58 Å². The first kappa shape index (κ1) is 9.95. The van der Waals surface area contributed by atoms with E-state index in [1.54, 1.807) is 12.1 Å². The maximum Gasteiger partial charge on any atom is 0.325 e. The van der Waals surface area contributed by atoms with Crippen LogP contribution in [0.5, 0.6) is 0 Å². The van der Waals surface area contributed by atoms with Gasteiger partial charge in [0, 0.05) is 6.54 Å². The Labute approximate surface area is 80.7 Å². The third kappa shape index (κ3) is 2.68. The lowest BCUT2D eigenvalue weighted by molar-refractivity contribution is -0.139. The van der Waals surface area contributed by atoms with E-state index in [-0.39, 0.29) is 0 Å². The molecule has 0 amide bonds. The van der Waals surface area contributed by atoms with Crippen molar-refractivity contribution < 1.29 is 9.90 Å². The quantitative estimate of drug-likeness (QED) is 0.706. The predicted molar refractivity (Wildman–Crippen MR) is 52.9 cm³/mol. The molecule has 0 radical (unpaired) electrons. The van der Waals surface area contributed by atoms with Crippen LogP contribution < -0.4 is 5.32 Å². The smallest absolute Gasteiger partial charge is 0.325 e. The molecule has 70 valence electrons. The van der Waals surface area contributed by atoms with Crippen molar-refractivity contribution >= 4 is 17.3 Å². The Hall–Kier alpha value is -1.13. The van der Waals surface area contributed by atoms with Crippen molar-refractivity contribution in [3.8, 4) is 0 Å². The highest BCUT2D eigenvalue weighted by Gasteiger charge is 2.18. The summed E-state index contributed by atoms with van der Waals surface area (Å²) in [6.45, 7) is 4.01. The van der Waals surface area contributed by atoms with Gasteiger partial charge in [0.05, 0.1) is 0 Å². The maximum atomic E-state index is 10.8. The summed E-state index contributed by atoms with van der Waals surface area (Å²) in [5, 5.41) is 15.4. The minimum atomic E-state index is -0.861. The van der Waals surface area contributed by atoms with E-state index in [0.29, 0.717) is 6.54 Å². The molecule has 0 aromatic carbocycles. The van der Waals surface area contributed by atoms with Crippen LogP contribution in [0.15, 0.2) is 29.5 Å². The first-order valence-corrected chi connectivity index (χ1v) is 4.79. The van der Waals surface area contributed by atoms with E-state index in [2.05, 4.69) is 11.9 Å². The predicted octanol–water partition coefficient (Wildman–Crippen LogP) is 1.65. The van der Waals surface area contributed by atoms with Crippen LogP contribution >= 0.6 is 11.3 Å². The summed E-state index contributed by atoms with van der Waals surface area (Å²) < 4.78 is 0. The topological polar surface area (TPSA) is 49.3 Å². The highest BCUT2D eigenvalue weighted by molar-refractivity contribution is 7.08. The van der Waals surface area contributed by atoms with Crippen LogP contribution in [-0.4, -0.2) is 17.6 Å². The van der Waals surface area contributed by atoms with Gasteiger partial charge in [-0.05, 0) is 22.4 Å². The molecule has 1 rings (SSSR count). The van der Waals surface area contributed by atoms with E-state index in [4.69, 9.17) is 5.11 Å². The van der Waals surface area contributed by atoms with Gasteiger partial charge in [-0.1, -0.05) is 6.08 Å². The Kier molecular flexibility index (Phi) is 3.67. The number of nitrogens with one attached hydrogen (secondary N) is 1. The zero-order valence-corrected chi connectivity index (χ0v) is 7.88. The average molecular weight is 197 g/mol. The number of thiophene rings is 1. The summed E-state index contributed by atoms with van der Waals surface area (Å²) in [4.78, 5) is 10.8. The lowest BCUT2D eigenvalue weighted by Gasteiger charge is -2.10. The van der Waals surface area contributed by atoms with Crippen LogP contribution in [0.3, 0.4) is 0 Å². The molecule has 4 heteroatoms. The van der Waals surface area contributed by atoms with E-state index in [0.717, 1.165) is 5.56 Å². The Balaban J connectivity index is 2.68. The standard InChI is InChI=1S/C9H11NO2S/c1-2-4-10-8(9(11)12)7-3-5-13-6-7/h2-3,5-6,8,10H,1,4H2,(H,11,12). The van der Waals surface area contributed by atoms with Crippen molar-refractivity contribution in [1.82, 2.24) is 5.32 Å². The first-order valence-electron chi connectivity index (χ1n) is 3.85. The lowest BCUT2D eigenvalue weighted by Crippen LogP contribution is -2.28. The summed E-state index contributed by atoms with van der Waals surface area (Å²) in [5.41, 5.74) is 0.791. The van der Waals surface area contributed by atoms with Gasteiger partial charge in [-0.3, -0.25) is 10.1 Å². The molecular weight excluding hydrogens is 186 g/mol. The average Bonchev–Trinajstić information content (AvgIpc) is 2.57. The number of rotatable bonds is 5. The van der Waals surface area contributed by atoms with Gasteiger partial charge in [-0.2, -0.15) is 11.3 Å². The normalized spacial score (nSPS) is 12.3. The molecule has 0 aliphatic rings. The molecule has 1 aromatic rings. The highest BCUT2D eigenvalue weighted by Crippen LogP contribution is 2.16. The molecule has 3 nitrogen and oxygen atoms in total. The van der Waals surface area contributed by atoms with Gasteiger partial charge < -0.3 is 5.11 Å². The van der Waals surface area contributed by atoms with Gasteiger partial charge in [0.2, 0.25) is 0 Å². The lowest BCUT2D eigenvalue weighted by atomic mass is 10.1. The number of aliphatic carboxylic acids is 1. The van der Waals surface area contributed by atoms with Crippen molar-refractivity contribution in [2.75, 3.05) is 6.54 Å². The first-order chi connectivity index (χ1) is 6.25. The van der Waals surface area contributed by atoms with Crippen LogP contribution in [0.4, 0.5) is 0 Å². The van der Waals surface area contributed by atoms with E-state index in [9.17, 15) is 4.79 Å². The van der Waals surface area contributed by atoms with Crippen LogP contribution in [0, 0.1) is 0 Å². The Morgan fingerprint density at radius 2 is 2.62 bits per heavy atom. The van der Waals surface area contributed by atoms with Crippen LogP contribution in [0.2, 0.25) is 0 Å². The molecule has 1 heterocycles. The number of carboxylic acids is 1. The van der Waals surface area contributed by atoms with Gasteiger partial charge >= 0.3 is 5.97 Å². The second kappa shape index (κ2) is 4.79. The molecule has 0 saturated heterocycles. The minimum Gasteiger partial charge on any atom is -0.480 e. The van der Waals surface area contributed by atoms with Crippen LogP contribution in [0.25, 0.3) is 0 Å². The molecule has 0 spiro atoms. The molecule has 1 unspecified atom stereocenters. The molecule has 0 aliphatic heterocycles. The largest absolute Gasteiger partial charge is 0.480 e. The van der Waals surface area contributed by atoms with E-state index >= 15 is 0 Å². The summed E-state index contributed by atoms with van der Waals surface area (Å²) in [7, 11) is 0. The molecule has 0 saturated carbocycles. The van der Waals surface area contributed by atoms with Crippen molar-refractivity contribution in [2.45, 2.75) is 6.04 Å². The highest BCUT2D eigenvalue weighted by atomic mass is 32.1. The minimum absolute atomic E-state index is 0.493. The van der Waals surface area contributed by atoms with Crippen molar-refractivity contribution in [2.24, 2.45) is 0 Å². The number of hydrogen-bond acceptors (Lipinski definition) is 3. The zero-order valence-electron chi connectivity index (χ0n) is 7.06. The fourth-order valence-electron chi connectivity index (χ4n) is 0.988. The number of carbonyl (C=O) groups is 1. The third-order valence-electron chi connectivity index (χ3n) is 1.59. The monoisotopic (exact) mass is 197 g/mol. The SMILES string of the molecule is C=CCNC(C(=O)O)c1ccsc1. The molecule has 13 heavy (non-hydrogen) atoms. The molecule has 1 atom stereocenters. The molecule has 2 N–H and O–H groups in total. The van der Waals surface area contributed by atoms with Crippen LogP contribution in [-0.2, 0) is 4.79 Å². The molecular formula is C9H11NO2S. The zero-order chi connectivity index (χ0) is 9.68. The second-order valence-electron chi connectivity index (χ2n) is 2.52. The summed E-state index contributed by atoms with van der Waals surface area (Å²) >= 11 is 1.49. The number of carboxylic acid groups (broad SMARTS) is 1. The van der Waals surface area contributed by atoms with Crippen LogP contribution in [0.1, 0.15) is 11.6 Å². The Morgan fingerprint density at radius 3 is 3.08 bits per heavy atom. The summed E-state index contributed by atoms with van der Waals surface area (Å²) in [5.74, 6) is -0.861. The number of hydrogen-bond donors (Lipinski definition) is 2. The maximum absolute atomic E-state index is 10.8. The van der Waals surface area contributed by atoms with E-state index < -0.39 is 12.0 Å². The van der Waals surface area contributed by atoms with Gasteiger partial charge in [-0.25, -0.2) is 0 Å². The molecule has 0 aliphatic carbocycles. The van der Waals surface area contributed by atoms with Crippen molar-refractivity contribution in [1.29, 1.82) is 0 Å². The van der Waals surface area contributed by atoms with E-state index in [1.165, 1.54) is 11.3 Å². The fraction of sp³-hybridized carbons (Fsp3) is 0.222. The second-order valence-corrected chi connectivity index (χ2v) is 3.30. The molecule has 0 bridgehead atoms. The Morgan fingerprint density at radius 1 is 1.85 bits per heavy atom. The van der Waals surface area contributed by atoms with Crippen molar-refractivity contribution in [3.63, 3.8) is 0 Å². The molecule has 0 fully saturated rings. The van der Waals surface area contributed by atoms with Gasteiger partial charge in [0.15, 0.2) is 0 Å². The van der Waals surface area contributed by atoms with Gasteiger partial charge in [0.25, 0.3) is 0 Å². The summed E-state index contributed by atoms with van der Waals surface area (Å²) in [6, 6.07) is 1.18. The summed E-state index contributed by atoms with van der Waals surface area (Å²) in [6.07, 6.45) is 1.64. The molecule has 1 aromatic heterocycles. The van der Waals surface area contributed by atoms with Gasteiger partial charge in [0.1, 0.15) is 6.04 Å². The van der Waals surface area contributed by atoms with Crippen molar-refractivity contribution in [3.05, 3.63) is 35.0 Å². The third-order valence-corrected chi connectivity index (χ3v) is 2.29. The van der Waals surface area contributed by atoms with E-state index in [1.807, 2.05) is 10.8 Å². The fourth-order valence-corrected chi connectivity index (χ4v) is 1.67. The Bertz CT molecular complexity index is 282.